The first kappa shape index (κ1) is 12.9. The molecule has 0 aromatic rings. The van der Waals surface area contributed by atoms with Crippen LogP contribution in [0.5, 0.6) is 0 Å². The third-order valence-electron chi connectivity index (χ3n) is 2.77. The van der Waals surface area contributed by atoms with Crippen LogP contribution < -0.4 is 5.32 Å². The molecule has 5 heteroatoms. The summed E-state index contributed by atoms with van der Waals surface area (Å²) < 4.78 is 0. The number of carboxylic acid groups (broad SMARTS) is 1. The molecular weight excluding hydrogens is 226 g/mol. The van der Waals surface area contributed by atoms with Gasteiger partial charge in [-0.15, -0.1) is 18.2 Å². The number of hydrogen-bond acceptors (Lipinski definition) is 3. The Kier molecular flexibility index (Phi) is 4.69. The predicted molar refractivity (Wildman–Crippen MR) is 63.1 cm³/mol. The molecule has 0 atom stereocenters. The highest BCUT2D eigenvalue weighted by molar-refractivity contribution is 7.99. The van der Waals surface area contributed by atoms with Crippen LogP contribution in [0.25, 0.3) is 0 Å². The van der Waals surface area contributed by atoms with Crippen LogP contribution in [0, 0.1) is 17.8 Å². The Bertz CT molecular complexity index is 318. The smallest absolute Gasteiger partial charge is 0.319 e. The quantitative estimate of drug-likeness (QED) is 0.408. The zero-order valence-electron chi connectivity index (χ0n) is 8.99. The minimum absolute atomic E-state index is 0.354. The molecule has 0 aromatic heterocycles. The number of carboxylic acids is 1. The minimum Gasteiger partial charge on any atom is -0.480 e. The molecule has 0 saturated heterocycles. The molecule has 1 fully saturated rings. The topological polar surface area (TPSA) is 66.4 Å². The van der Waals surface area contributed by atoms with Gasteiger partial charge in [0.25, 0.3) is 0 Å². The van der Waals surface area contributed by atoms with Gasteiger partial charge in [0.15, 0.2) is 0 Å². The Hall–Kier alpha value is -1.15. The zero-order valence-corrected chi connectivity index (χ0v) is 9.81. The number of amides is 1. The molecule has 1 aliphatic carbocycles. The van der Waals surface area contributed by atoms with Gasteiger partial charge < -0.3 is 10.4 Å². The molecule has 4 nitrogen and oxygen atoms in total. The molecule has 1 amide bonds. The fourth-order valence-electron chi connectivity index (χ4n) is 1.61. The van der Waals surface area contributed by atoms with Crippen LogP contribution in [-0.4, -0.2) is 35.0 Å². The molecule has 0 spiro atoms. The predicted octanol–water partition coefficient (Wildman–Crippen LogP) is 0.724. The summed E-state index contributed by atoms with van der Waals surface area (Å²) >= 11 is 1.54. The molecule has 0 unspecified atom stereocenters. The zero-order chi connectivity index (χ0) is 12.0. The fraction of sp³-hybridized carbons (Fsp3) is 0.636. The van der Waals surface area contributed by atoms with Crippen molar-refractivity contribution in [2.75, 3.05) is 18.1 Å². The largest absolute Gasteiger partial charge is 0.480 e. The number of thioether (sulfide) groups is 1. The number of nitrogens with one attached hydrogen (secondary N) is 1. The molecule has 0 aromatic carbocycles. The maximum absolute atomic E-state index is 11.7. The lowest BCUT2D eigenvalue weighted by molar-refractivity contribution is -0.162. The Morgan fingerprint density at radius 1 is 1.50 bits per heavy atom. The van der Waals surface area contributed by atoms with E-state index in [2.05, 4.69) is 11.2 Å². The second-order valence-corrected chi connectivity index (χ2v) is 4.86. The Labute approximate surface area is 99.2 Å². The van der Waals surface area contributed by atoms with Crippen LogP contribution in [0.4, 0.5) is 0 Å². The molecule has 0 radical (unpaired) electrons. The highest BCUT2D eigenvalue weighted by atomic mass is 32.2. The summed E-state index contributed by atoms with van der Waals surface area (Å²) in [6, 6.07) is 0. The summed E-state index contributed by atoms with van der Waals surface area (Å²) in [5.41, 5.74) is -1.16. The van der Waals surface area contributed by atoms with E-state index in [0.717, 1.165) is 6.42 Å². The van der Waals surface area contributed by atoms with E-state index in [-0.39, 0.29) is 5.91 Å². The van der Waals surface area contributed by atoms with E-state index in [4.69, 9.17) is 11.5 Å². The van der Waals surface area contributed by atoms with Gasteiger partial charge in [0.05, 0.1) is 5.75 Å². The lowest BCUT2D eigenvalue weighted by atomic mass is 9.68. The van der Waals surface area contributed by atoms with E-state index < -0.39 is 11.4 Å². The van der Waals surface area contributed by atoms with Crippen molar-refractivity contribution in [2.45, 2.75) is 19.3 Å². The van der Waals surface area contributed by atoms with Gasteiger partial charge in [0, 0.05) is 12.3 Å². The van der Waals surface area contributed by atoms with Crippen molar-refractivity contribution in [1.29, 1.82) is 0 Å². The molecule has 2 N–H and O–H groups in total. The first-order chi connectivity index (χ1) is 7.63. The summed E-state index contributed by atoms with van der Waals surface area (Å²) in [4.78, 5) is 22.7. The molecule has 0 heterocycles. The molecule has 0 bridgehead atoms. The molecule has 1 saturated carbocycles. The van der Waals surface area contributed by atoms with Crippen molar-refractivity contribution in [3.05, 3.63) is 0 Å². The van der Waals surface area contributed by atoms with E-state index in [1.807, 2.05) is 0 Å². The lowest BCUT2D eigenvalue weighted by Gasteiger charge is -2.35. The number of hydrogen-bond donors (Lipinski definition) is 2. The maximum Gasteiger partial charge on any atom is 0.319 e. The first-order valence-corrected chi connectivity index (χ1v) is 6.32. The van der Waals surface area contributed by atoms with Crippen LogP contribution in [0.1, 0.15) is 19.3 Å². The monoisotopic (exact) mass is 241 g/mol. The molecule has 1 rings (SSSR count). The number of carbonyl (C=O) groups excluding carboxylic acids is 1. The van der Waals surface area contributed by atoms with Gasteiger partial charge in [0.1, 0.15) is 5.41 Å². The highest BCUT2D eigenvalue weighted by Crippen LogP contribution is 2.41. The standard InChI is InChI=1S/C11H15NO3S/c1-2-7-16-8-6-12-9(13)11(10(14)15)4-3-5-11/h1H,3-8H2,(H,12,13)(H,14,15). The summed E-state index contributed by atoms with van der Waals surface area (Å²) in [6.07, 6.45) is 6.79. The highest BCUT2D eigenvalue weighted by Gasteiger charge is 2.50. The third kappa shape index (κ3) is 2.70. The van der Waals surface area contributed by atoms with Crippen molar-refractivity contribution in [2.24, 2.45) is 5.41 Å². The molecule has 16 heavy (non-hydrogen) atoms. The van der Waals surface area contributed by atoms with Gasteiger partial charge in [-0.05, 0) is 12.8 Å². The summed E-state index contributed by atoms with van der Waals surface area (Å²) in [7, 11) is 0. The van der Waals surface area contributed by atoms with E-state index in [1.165, 1.54) is 0 Å². The van der Waals surface area contributed by atoms with E-state index in [0.29, 0.717) is 30.9 Å². The van der Waals surface area contributed by atoms with Gasteiger partial charge in [-0.1, -0.05) is 12.3 Å². The first-order valence-electron chi connectivity index (χ1n) is 5.16. The van der Waals surface area contributed by atoms with E-state index >= 15 is 0 Å². The average molecular weight is 241 g/mol. The Morgan fingerprint density at radius 2 is 2.19 bits per heavy atom. The SMILES string of the molecule is C#CCSCCNC(=O)C1(C(=O)O)CCC1. The molecular formula is C11H15NO3S. The van der Waals surface area contributed by atoms with Crippen molar-refractivity contribution >= 4 is 23.6 Å². The van der Waals surface area contributed by atoms with Gasteiger partial charge in [-0.25, -0.2) is 0 Å². The van der Waals surface area contributed by atoms with Crippen LogP contribution in [0.3, 0.4) is 0 Å². The Morgan fingerprint density at radius 3 is 2.62 bits per heavy atom. The number of terminal acetylenes is 1. The van der Waals surface area contributed by atoms with Gasteiger partial charge in [0.2, 0.25) is 5.91 Å². The second kappa shape index (κ2) is 5.80. The molecule has 1 aliphatic rings. The maximum atomic E-state index is 11.7. The third-order valence-corrected chi connectivity index (χ3v) is 3.63. The summed E-state index contributed by atoms with van der Waals surface area (Å²) in [5.74, 6) is 2.45. The number of carbonyl (C=O) groups is 2. The minimum atomic E-state index is -1.16. The number of aliphatic carboxylic acids is 1. The van der Waals surface area contributed by atoms with Crippen LogP contribution in [0.2, 0.25) is 0 Å². The lowest BCUT2D eigenvalue weighted by Crippen LogP contribution is -2.51. The van der Waals surface area contributed by atoms with Gasteiger partial charge in [-0.2, -0.15) is 0 Å². The van der Waals surface area contributed by atoms with Crippen molar-refractivity contribution in [3.63, 3.8) is 0 Å². The van der Waals surface area contributed by atoms with Crippen molar-refractivity contribution in [1.82, 2.24) is 5.32 Å². The fourth-order valence-corrected chi connectivity index (χ4v) is 2.11. The number of rotatable bonds is 6. The van der Waals surface area contributed by atoms with Crippen LogP contribution >= 0.6 is 11.8 Å². The summed E-state index contributed by atoms with van der Waals surface area (Å²) in [5, 5.41) is 11.7. The van der Waals surface area contributed by atoms with Crippen LogP contribution in [0.15, 0.2) is 0 Å². The average Bonchev–Trinajstić information content (AvgIpc) is 2.15. The van der Waals surface area contributed by atoms with Gasteiger partial charge in [-0.3, -0.25) is 9.59 Å². The molecule has 0 aliphatic heterocycles. The Balaban J connectivity index is 2.29. The van der Waals surface area contributed by atoms with Crippen LogP contribution in [-0.2, 0) is 9.59 Å². The van der Waals surface area contributed by atoms with E-state index in [9.17, 15) is 9.59 Å². The van der Waals surface area contributed by atoms with E-state index in [1.54, 1.807) is 11.8 Å². The van der Waals surface area contributed by atoms with Crippen molar-refractivity contribution < 1.29 is 14.7 Å². The molecule has 88 valence electrons. The van der Waals surface area contributed by atoms with Crippen molar-refractivity contribution in [3.8, 4) is 12.3 Å². The van der Waals surface area contributed by atoms with Gasteiger partial charge >= 0.3 is 5.97 Å². The normalized spacial score (nSPS) is 16.9. The second-order valence-electron chi connectivity index (χ2n) is 3.75. The summed E-state index contributed by atoms with van der Waals surface area (Å²) in [6.45, 7) is 0.472.